The summed E-state index contributed by atoms with van der Waals surface area (Å²) in [4.78, 5) is 16.7. The van der Waals surface area contributed by atoms with Crippen LogP contribution >= 0.6 is 11.8 Å². The molecule has 138 valence electrons. The number of carbonyl (C=O) groups excluding carboxylic acids is 1. The first-order valence-electron chi connectivity index (χ1n) is 9.33. The summed E-state index contributed by atoms with van der Waals surface area (Å²) in [6, 6.07) is 10.6. The van der Waals surface area contributed by atoms with Gasteiger partial charge in [0.15, 0.2) is 11.0 Å². The topological polar surface area (TPSA) is 54.3 Å². The third kappa shape index (κ3) is 3.94. The Hall–Kier alpha value is -1.86. The number of hydrogen-bond acceptors (Lipinski definition) is 5. The van der Waals surface area contributed by atoms with Gasteiger partial charge in [0.2, 0.25) is 5.91 Å². The van der Waals surface area contributed by atoms with E-state index in [4.69, 9.17) is 0 Å². The maximum atomic E-state index is 12.4. The molecule has 1 aliphatic heterocycles. The molecule has 2 fully saturated rings. The number of likely N-dealkylation sites (tertiary alicyclic amines) is 1. The Labute approximate surface area is 158 Å². The normalized spacial score (nSPS) is 17.6. The Kier molecular flexibility index (Phi) is 5.26. The van der Waals surface area contributed by atoms with E-state index in [2.05, 4.69) is 31.8 Å². The third-order valence-electron chi connectivity index (χ3n) is 5.09. The van der Waals surface area contributed by atoms with Gasteiger partial charge in [-0.3, -0.25) is 14.3 Å². The molecule has 1 aromatic carbocycles. The number of amides is 1. The maximum absolute atomic E-state index is 12.4. The number of benzene rings is 1. The van der Waals surface area contributed by atoms with Crippen molar-refractivity contribution in [2.45, 2.75) is 43.4 Å². The van der Waals surface area contributed by atoms with Crippen molar-refractivity contribution in [2.75, 3.05) is 25.9 Å². The first-order valence-corrected chi connectivity index (χ1v) is 10.3. The first-order chi connectivity index (χ1) is 12.7. The van der Waals surface area contributed by atoms with Crippen LogP contribution in [-0.2, 0) is 11.3 Å². The number of nitrogens with zero attached hydrogens (tertiary/aromatic N) is 5. The van der Waals surface area contributed by atoms with Gasteiger partial charge in [-0.05, 0) is 50.9 Å². The summed E-state index contributed by atoms with van der Waals surface area (Å²) in [5.74, 6) is 1.52. The van der Waals surface area contributed by atoms with Gasteiger partial charge in [-0.25, -0.2) is 0 Å². The van der Waals surface area contributed by atoms with Crippen LogP contribution in [0.4, 0.5) is 0 Å². The van der Waals surface area contributed by atoms with Gasteiger partial charge in [-0.15, -0.1) is 10.2 Å². The molecule has 1 amide bonds. The predicted molar refractivity (Wildman–Crippen MR) is 102 cm³/mol. The molecule has 0 N–H and O–H groups in total. The lowest BCUT2D eigenvalue weighted by Crippen LogP contribution is -2.30. The van der Waals surface area contributed by atoms with E-state index < -0.39 is 0 Å². The SMILES string of the molecule is CN(C(=O)CSc1nnc(CN2CCCC2)n1-c1ccccc1)C1CC1. The Morgan fingerprint density at radius 3 is 2.62 bits per heavy atom. The molecule has 0 spiro atoms. The second-order valence-corrected chi connectivity index (χ2v) is 8.02. The van der Waals surface area contributed by atoms with Gasteiger partial charge < -0.3 is 4.90 Å². The van der Waals surface area contributed by atoms with Crippen LogP contribution in [0.3, 0.4) is 0 Å². The molecule has 0 bridgehead atoms. The highest BCUT2D eigenvalue weighted by Gasteiger charge is 2.29. The molecule has 2 aromatic rings. The lowest BCUT2D eigenvalue weighted by molar-refractivity contribution is -0.127. The summed E-state index contributed by atoms with van der Waals surface area (Å²) in [6.07, 6.45) is 4.77. The van der Waals surface area contributed by atoms with Crippen molar-refractivity contribution in [3.05, 3.63) is 36.2 Å². The zero-order chi connectivity index (χ0) is 17.9. The van der Waals surface area contributed by atoms with E-state index in [1.165, 1.54) is 24.6 Å². The van der Waals surface area contributed by atoms with Crippen molar-refractivity contribution in [3.63, 3.8) is 0 Å². The molecule has 4 rings (SSSR count). The molecule has 2 aliphatic rings. The van der Waals surface area contributed by atoms with Crippen molar-refractivity contribution in [1.29, 1.82) is 0 Å². The largest absolute Gasteiger partial charge is 0.342 e. The zero-order valence-corrected chi connectivity index (χ0v) is 16.0. The number of thioether (sulfide) groups is 1. The van der Waals surface area contributed by atoms with Crippen LogP contribution in [0.1, 0.15) is 31.5 Å². The Morgan fingerprint density at radius 1 is 1.19 bits per heavy atom. The Balaban J connectivity index is 1.53. The summed E-state index contributed by atoms with van der Waals surface area (Å²) in [5.41, 5.74) is 1.05. The summed E-state index contributed by atoms with van der Waals surface area (Å²) in [6.45, 7) is 3.04. The average Bonchev–Trinajstić information content (AvgIpc) is 3.25. The Bertz CT molecular complexity index is 753. The minimum absolute atomic E-state index is 0.168. The molecule has 7 heteroatoms. The van der Waals surface area contributed by atoms with Gasteiger partial charge in [0.25, 0.3) is 0 Å². The Morgan fingerprint density at radius 2 is 1.92 bits per heavy atom. The van der Waals surface area contributed by atoms with Crippen molar-refractivity contribution in [2.24, 2.45) is 0 Å². The van der Waals surface area contributed by atoms with Crippen molar-refractivity contribution in [1.82, 2.24) is 24.6 Å². The molecule has 1 saturated carbocycles. The fourth-order valence-electron chi connectivity index (χ4n) is 3.37. The van der Waals surface area contributed by atoms with Gasteiger partial charge in [0.1, 0.15) is 0 Å². The van der Waals surface area contributed by atoms with Crippen molar-refractivity contribution >= 4 is 17.7 Å². The molecule has 2 heterocycles. The fraction of sp³-hybridized carbons (Fsp3) is 0.526. The lowest BCUT2D eigenvalue weighted by atomic mass is 10.3. The molecule has 1 aliphatic carbocycles. The average molecular weight is 372 g/mol. The van der Waals surface area contributed by atoms with Crippen molar-refractivity contribution < 1.29 is 4.79 Å². The molecule has 1 aromatic heterocycles. The number of aromatic nitrogens is 3. The molecular weight excluding hydrogens is 346 g/mol. The van der Waals surface area contributed by atoms with E-state index in [0.717, 1.165) is 49.1 Å². The second-order valence-electron chi connectivity index (χ2n) is 7.08. The van der Waals surface area contributed by atoms with Crippen LogP contribution in [0.5, 0.6) is 0 Å². The van der Waals surface area contributed by atoms with Gasteiger partial charge in [-0.2, -0.15) is 0 Å². The fourth-order valence-corrected chi connectivity index (χ4v) is 4.26. The van der Waals surface area contributed by atoms with E-state index in [-0.39, 0.29) is 5.91 Å². The van der Waals surface area contributed by atoms with Crippen LogP contribution in [-0.4, -0.2) is 62.4 Å². The molecule has 6 nitrogen and oxygen atoms in total. The summed E-state index contributed by atoms with van der Waals surface area (Å²) < 4.78 is 2.10. The van der Waals surface area contributed by atoms with E-state index in [9.17, 15) is 4.79 Å². The van der Waals surface area contributed by atoms with E-state index >= 15 is 0 Å². The molecule has 0 radical (unpaired) electrons. The quantitative estimate of drug-likeness (QED) is 0.700. The number of rotatable bonds is 7. The summed E-state index contributed by atoms with van der Waals surface area (Å²) >= 11 is 1.48. The van der Waals surface area contributed by atoms with E-state index in [1.807, 2.05) is 30.1 Å². The third-order valence-corrected chi connectivity index (χ3v) is 6.00. The number of hydrogen-bond donors (Lipinski definition) is 0. The van der Waals surface area contributed by atoms with Crippen LogP contribution in [0.25, 0.3) is 5.69 Å². The maximum Gasteiger partial charge on any atom is 0.233 e. The second kappa shape index (κ2) is 7.80. The highest BCUT2D eigenvalue weighted by atomic mass is 32.2. The van der Waals surface area contributed by atoms with Crippen LogP contribution in [0, 0.1) is 0 Å². The minimum Gasteiger partial charge on any atom is -0.342 e. The standard InChI is InChI=1S/C19H25N5OS/c1-22(15-9-10-15)18(25)14-26-19-21-20-17(13-23-11-5-6-12-23)24(19)16-7-3-2-4-8-16/h2-4,7-8,15H,5-6,9-14H2,1H3. The van der Waals surface area contributed by atoms with Crippen molar-refractivity contribution in [3.8, 4) is 5.69 Å². The van der Waals surface area contributed by atoms with Gasteiger partial charge >= 0.3 is 0 Å². The molecule has 0 unspecified atom stereocenters. The predicted octanol–water partition coefficient (Wildman–Crippen LogP) is 2.58. The van der Waals surface area contributed by atoms with E-state index in [1.54, 1.807) is 0 Å². The molecule has 1 saturated heterocycles. The monoisotopic (exact) mass is 371 g/mol. The number of carbonyl (C=O) groups is 1. The highest BCUT2D eigenvalue weighted by molar-refractivity contribution is 7.99. The summed E-state index contributed by atoms with van der Waals surface area (Å²) in [5, 5.41) is 9.65. The van der Waals surface area contributed by atoms with Crippen LogP contribution < -0.4 is 0 Å². The van der Waals surface area contributed by atoms with Gasteiger partial charge in [-0.1, -0.05) is 30.0 Å². The van der Waals surface area contributed by atoms with Gasteiger partial charge in [0, 0.05) is 18.8 Å². The smallest absolute Gasteiger partial charge is 0.233 e. The van der Waals surface area contributed by atoms with Gasteiger partial charge in [0.05, 0.1) is 12.3 Å². The number of para-hydroxylation sites is 1. The van der Waals surface area contributed by atoms with E-state index in [0.29, 0.717) is 11.8 Å². The zero-order valence-electron chi connectivity index (χ0n) is 15.2. The lowest BCUT2D eigenvalue weighted by Gasteiger charge is -2.17. The van der Waals surface area contributed by atoms with Crippen LogP contribution in [0.15, 0.2) is 35.5 Å². The van der Waals surface area contributed by atoms with Crippen LogP contribution in [0.2, 0.25) is 0 Å². The molecular formula is C19H25N5OS. The first kappa shape index (κ1) is 17.5. The molecule has 0 atom stereocenters. The molecule has 26 heavy (non-hydrogen) atoms. The summed E-state index contributed by atoms with van der Waals surface area (Å²) in [7, 11) is 1.90. The minimum atomic E-state index is 0.168. The highest BCUT2D eigenvalue weighted by Crippen LogP contribution is 2.28.